The minimum atomic E-state index is -1.13. The van der Waals surface area contributed by atoms with Gasteiger partial charge < -0.3 is 10.2 Å². The third kappa shape index (κ3) is 5.31. The van der Waals surface area contributed by atoms with Gasteiger partial charge in [0, 0.05) is 10.0 Å². The first-order valence-electron chi connectivity index (χ1n) is 9.23. The number of benzene rings is 2. The Morgan fingerprint density at radius 2 is 1.06 bits per heavy atom. The molecule has 0 aliphatic carbocycles. The average Bonchev–Trinajstić information content (AvgIpc) is 3.32. The lowest BCUT2D eigenvalue weighted by Gasteiger charge is -2.05. The van der Waals surface area contributed by atoms with E-state index in [1.807, 2.05) is 0 Å². The molecule has 10 nitrogen and oxygen atoms in total. The first-order chi connectivity index (χ1) is 16.0. The summed E-state index contributed by atoms with van der Waals surface area (Å²) in [5, 5.41) is 34.1. The number of nitrogens with zero attached hydrogens (tertiary/aromatic N) is 6. The fraction of sp³-hybridized carbons (Fsp3) is 0.100. The van der Waals surface area contributed by atoms with Crippen molar-refractivity contribution in [2.24, 2.45) is 0 Å². The Bertz CT molecular complexity index is 1300. The molecule has 0 amide bonds. The summed E-state index contributed by atoms with van der Waals surface area (Å²) < 4.78 is 2.73. The molecule has 0 atom stereocenters. The number of hydrogen-bond donors (Lipinski definition) is 2. The van der Waals surface area contributed by atoms with Crippen LogP contribution in [0.5, 0.6) is 0 Å². The lowest BCUT2D eigenvalue weighted by Crippen LogP contribution is -2.03. The topological polar surface area (TPSA) is 136 Å². The lowest BCUT2D eigenvalue weighted by atomic mass is 10.3. The molecule has 34 heavy (non-hydrogen) atoms. The molecule has 2 N–H and O–H groups in total. The van der Waals surface area contributed by atoms with Crippen LogP contribution in [0.2, 0.25) is 20.1 Å². The van der Waals surface area contributed by atoms with E-state index >= 15 is 0 Å². The molecular weight excluding hydrogens is 530 g/mol. The van der Waals surface area contributed by atoms with Crippen molar-refractivity contribution in [1.29, 1.82) is 0 Å². The molecule has 0 bridgehead atoms. The van der Waals surface area contributed by atoms with Crippen LogP contribution < -0.4 is 0 Å². The Morgan fingerprint density at radius 3 is 1.32 bits per heavy atom. The number of aromatic carboxylic acids is 2. The Morgan fingerprint density at radius 1 is 0.706 bits per heavy atom. The van der Waals surface area contributed by atoms with Crippen molar-refractivity contribution < 1.29 is 19.8 Å². The maximum atomic E-state index is 10.8. The van der Waals surface area contributed by atoms with Crippen LogP contribution in [0.15, 0.2) is 36.4 Å². The van der Waals surface area contributed by atoms with Crippen LogP contribution in [0.4, 0.5) is 0 Å². The number of aromatic nitrogens is 6. The zero-order valence-electron chi connectivity index (χ0n) is 17.4. The van der Waals surface area contributed by atoms with E-state index in [-0.39, 0.29) is 11.4 Å². The highest BCUT2D eigenvalue weighted by Gasteiger charge is 2.18. The Hall–Kier alpha value is -3.18. The van der Waals surface area contributed by atoms with Gasteiger partial charge in [0.2, 0.25) is 0 Å². The van der Waals surface area contributed by atoms with Crippen molar-refractivity contribution >= 4 is 58.3 Å². The summed E-state index contributed by atoms with van der Waals surface area (Å²) in [4.78, 5) is 21.7. The number of carbonyl (C=O) groups is 2. The normalized spacial score (nSPS) is 10.5. The zero-order valence-corrected chi connectivity index (χ0v) is 20.4. The van der Waals surface area contributed by atoms with Crippen LogP contribution in [0, 0.1) is 13.8 Å². The summed E-state index contributed by atoms with van der Waals surface area (Å²) in [6.45, 7) is 3.21. The van der Waals surface area contributed by atoms with Crippen LogP contribution in [0.3, 0.4) is 0 Å². The largest absolute Gasteiger partial charge is 0.476 e. The van der Waals surface area contributed by atoms with E-state index < -0.39 is 11.9 Å². The van der Waals surface area contributed by atoms with E-state index in [0.29, 0.717) is 42.9 Å². The minimum absolute atomic E-state index is 0.101. The Balaban J connectivity index is 0.000000191. The molecule has 0 fully saturated rings. The van der Waals surface area contributed by atoms with Crippen LogP contribution in [0.1, 0.15) is 32.4 Å². The van der Waals surface area contributed by atoms with Gasteiger partial charge in [-0.1, -0.05) is 56.8 Å². The van der Waals surface area contributed by atoms with Gasteiger partial charge in [-0.25, -0.2) is 19.0 Å². The smallest absolute Gasteiger partial charge is 0.358 e. The van der Waals surface area contributed by atoms with Crippen molar-refractivity contribution in [2.45, 2.75) is 13.8 Å². The molecule has 0 unspecified atom stereocenters. The summed E-state index contributed by atoms with van der Waals surface area (Å²) >= 11 is 23.6. The summed E-state index contributed by atoms with van der Waals surface area (Å²) in [5.74, 6) is -2.25. The maximum absolute atomic E-state index is 10.8. The molecule has 4 rings (SSSR count). The van der Waals surface area contributed by atoms with Gasteiger partial charge in [-0.15, -0.1) is 10.2 Å². The third-order valence-electron chi connectivity index (χ3n) is 4.47. The summed E-state index contributed by atoms with van der Waals surface area (Å²) in [7, 11) is 0. The van der Waals surface area contributed by atoms with Gasteiger partial charge in [-0.2, -0.15) is 0 Å². The van der Waals surface area contributed by atoms with Crippen molar-refractivity contribution in [1.82, 2.24) is 30.0 Å². The van der Waals surface area contributed by atoms with E-state index in [1.54, 1.807) is 50.2 Å². The summed E-state index contributed by atoms with van der Waals surface area (Å²) in [6, 6.07) is 9.70. The number of hydrogen-bond acceptors (Lipinski definition) is 6. The zero-order chi connectivity index (χ0) is 25.2. The molecule has 0 spiro atoms. The van der Waals surface area contributed by atoms with Crippen molar-refractivity contribution in [2.75, 3.05) is 0 Å². The minimum Gasteiger partial charge on any atom is -0.476 e. The Labute approximate surface area is 212 Å². The van der Waals surface area contributed by atoms with E-state index in [1.165, 1.54) is 9.36 Å². The van der Waals surface area contributed by atoms with Gasteiger partial charge in [0.1, 0.15) is 0 Å². The van der Waals surface area contributed by atoms with Gasteiger partial charge in [0.05, 0.1) is 32.8 Å². The summed E-state index contributed by atoms with van der Waals surface area (Å²) in [6.07, 6.45) is 0. The number of carboxylic acid groups (broad SMARTS) is 2. The second-order valence-corrected chi connectivity index (χ2v) is 8.36. The standard InChI is InChI=1S/2C10H7Cl2N3O2/c2*1-5-9(10(16)17)13-14-15(5)8-3-2-6(11)4-7(8)12/h2*2-4H,1H3,(H,16,17). The van der Waals surface area contributed by atoms with Crippen molar-refractivity contribution in [3.63, 3.8) is 0 Å². The molecule has 2 heterocycles. The van der Waals surface area contributed by atoms with Crippen LogP contribution in [-0.4, -0.2) is 52.1 Å². The molecule has 0 radical (unpaired) electrons. The highest BCUT2D eigenvalue weighted by molar-refractivity contribution is 6.36. The first kappa shape index (κ1) is 25.4. The average molecular weight is 544 g/mol. The van der Waals surface area contributed by atoms with Crippen LogP contribution >= 0.6 is 46.4 Å². The number of carboxylic acids is 2. The fourth-order valence-corrected chi connectivity index (χ4v) is 3.79. The molecule has 176 valence electrons. The highest BCUT2D eigenvalue weighted by Crippen LogP contribution is 2.26. The second-order valence-electron chi connectivity index (χ2n) is 6.67. The van der Waals surface area contributed by atoms with E-state index in [0.717, 1.165) is 0 Å². The van der Waals surface area contributed by atoms with E-state index in [4.69, 9.17) is 56.6 Å². The monoisotopic (exact) mass is 542 g/mol. The molecule has 14 heteroatoms. The molecule has 0 aliphatic rings. The van der Waals surface area contributed by atoms with Gasteiger partial charge in [-0.05, 0) is 50.2 Å². The first-order valence-corrected chi connectivity index (χ1v) is 10.7. The predicted octanol–water partition coefficient (Wildman–Crippen LogP) is 5.16. The molecule has 2 aromatic heterocycles. The fourth-order valence-electron chi connectivity index (χ4n) is 2.82. The number of halogens is 4. The van der Waals surface area contributed by atoms with Crippen LogP contribution in [0.25, 0.3) is 11.4 Å². The van der Waals surface area contributed by atoms with E-state index in [2.05, 4.69) is 20.6 Å². The third-order valence-corrected chi connectivity index (χ3v) is 5.55. The van der Waals surface area contributed by atoms with Gasteiger partial charge in [0.15, 0.2) is 11.4 Å². The molecular formula is C20H14Cl4N6O4. The van der Waals surface area contributed by atoms with Gasteiger partial charge >= 0.3 is 11.9 Å². The van der Waals surface area contributed by atoms with Crippen molar-refractivity contribution in [3.05, 3.63) is 79.3 Å². The Kier molecular flexibility index (Phi) is 7.78. The predicted molar refractivity (Wildman–Crippen MR) is 126 cm³/mol. The summed E-state index contributed by atoms with van der Waals surface area (Å²) in [5.41, 5.74) is 1.68. The SMILES string of the molecule is Cc1c(C(=O)O)nnn1-c1ccc(Cl)cc1Cl.Cc1c(C(=O)O)nnn1-c1ccc(Cl)cc1Cl. The number of rotatable bonds is 4. The lowest BCUT2D eigenvalue weighted by molar-refractivity contribution is 0.0678. The van der Waals surface area contributed by atoms with E-state index in [9.17, 15) is 9.59 Å². The van der Waals surface area contributed by atoms with Gasteiger partial charge in [0.25, 0.3) is 0 Å². The van der Waals surface area contributed by atoms with Crippen molar-refractivity contribution in [3.8, 4) is 11.4 Å². The second kappa shape index (κ2) is 10.4. The quantitative estimate of drug-likeness (QED) is 0.360. The highest BCUT2D eigenvalue weighted by atomic mass is 35.5. The molecule has 4 aromatic rings. The maximum Gasteiger partial charge on any atom is 0.358 e. The van der Waals surface area contributed by atoms with Crippen LogP contribution in [-0.2, 0) is 0 Å². The molecule has 0 saturated carbocycles. The molecule has 2 aromatic carbocycles. The molecule has 0 saturated heterocycles. The van der Waals surface area contributed by atoms with Gasteiger partial charge in [-0.3, -0.25) is 0 Å². The molecule has 0 aliphatic heterocycles.